The van der Waals surface area contributed by atoms with Crippen molar-refractivity contribution in [2.75, 3.05) is 12.3 Å². The van der Waals surface area contributed by atoms with Crippen molar-refractivity contribution in [2.24, 2.45) is 0 Å². The average molecular weight is 285 g/mol. The number of carbonyl (C=O) groups is 2. The molecule has 0 unspecified atom stereocenters. The van der Waals surface area contributed by atoms with Crippen LogP contribution in [0.5, 0.6) is 0 Å². The summed E-state index contributed by atoms with van der Waals surface area (Å²) in [6.07, 6.45) is 0.809. The summed E-state index contributed by atoms with van der Waals surface area (Å²) in [5.41, 5.74) is 6.06. The molecule has 0 radical (unpaired) electrons. The number of rotatable bonds is 5. The monoisotopic (exact) mass is 284 g/mol. The van der Waals surface area contributed by atoms with Crippen molar-refractivity contribution in [2.45, 2.75) is 26.3 Å². The van der Waals surface area contributed by atoms with Gasteiger partial charge >= 0.3 is 5.97 Å². The van der Waals surface area contributed by atoms with Gasteiger partial charge in [0.15, 0.2) is 6.61 Å². The third-order valence-electron chi connectivity index (χ3n) is 2.59. The lowest BCUT2D eigenvalue weighted by atomic mass is 10.2. The van der Waals surface area contributed by atoms with Crippen molar-refractivity contribution in [1.82, 2.24) is 5.32 Å². The number of benzene rings is 1. The minimum Gasteiger partial charge on any atom is -0.452 e. The molecule has 19 heavy (non-hydrogen) atoms. The summed E-state index contributed by atoms with van der Waals surface area (Å²) < 4.78 is 4.88. The third-order valence-corrected chi connectivity index (χ3v) is 2.82. The predicted molar refractivity (Wildman–Crippen MR) is 74.0 cm³/mol. The summed E-state index contributed by atoms with van der Waals surface area (Å²) in [5.74, 6) is -0.983. The second-order valence-electron chi connectivity index (χ2n) is 4.18. The molecule has 1 rings (SSSR count). The van der Waals surface area contributed by atoms with E-state index in [1.807, 2.05) is 13.8 Å². The fraction of sp³-hybridized carbons (Fsp3) is 0.385. The fourth-order valence-electron chi connectivity index (χ4n) is 1.35. The Labute approximate surface area is 117 Å². The summed E-state index contributed by atoms with van der Waals surface area (Å²) in [7, 11) is 0. The van der Waals surface area contributed by atoms with Gasteiger partial charge in [0.05, 0.1) is 5.56 Å². The van der Waals surface area contributed by atoms with Gasteiger partial charge in [-0.15, -0.1) is 0 Å². The van der Waals surface area contributed by atoms with Gasteiger partial charge in [-0.05, 0) is 31.5 Å². The summed E-state index contributed by atoms with van der Waals surface area (Å²) in [6.45, 7) is 3.49. The predicted octanol–water partition coefficient (Wildman–Crippen LogP) is 1.99. The Balaban J connectivity index is 2.54. The summed E-state index contributed by atoms with van der Waals surface area (Å²) in [6, 6.07) is 4.50. The number of hydrogen-bond donors (Lipinski definition) is 2. The van der Waals surface area contributed by atoms with E-state index in [0.717, 1.165) is 6.42 Å². The molecule has 3 N–H and O–H groups in total. The molecule has 0 aromatic heterocycles. The number of esters is 1. The highest BCUT2D eigenvalue weighted by atomic mass is 35.5. The smallest absolute Gasteiger partial charge is 0.340 e. The fourth-order valence-corrected chi connectivity index (χ4v) is 1.53. The molecule has 0 bridgehead atoms. The zero-order valence-corrected chi connectivity index (χ0v) is 11.7. The van der Waals surface area contributed by atoms with E-state index >= 15 is 0 Å². The van der Waals surface area contributed by atoms with Gasteiger partial charge in [0.2, 0.25) is 0 Å². The highest BCUT2D eigenvalue weighted by molar-refractivity contribution is 6.31. The second kappa shape index (κ2) is 6.99. The second-order valence-corrected chi connectivity index (χ2v) is 4.62. The number of nitrogen functional groups attached to an aromatic ring is 1. The number of amides is 1. The molecule has 0 saturated heterocycles. The topological polar surface area (TPSA) is 81.4 Å². The van der Waals surface area contributed by atoms with Gasteiger partial charge in [-0.1, -0.05) is 18.5 Å². The first-order valence-corrected chi connectivity index (χ1v) is 6.33. The Morgan fingerprint density at radius 1 is 1.47 bits per heavy atom. The van der Waals surface area contributed by atoms with Gasteiger partial charge in [0.1, 0.15) is 0 Å². The molecule has 0 aliphatic heterocycles. The number of ether oxygens (including phenoxy) is 1. The zero-order valence-electron chi connectivity index (χ0n) is 10.9. The lowest BCUT2D eigenvalue weighted by Crippen LogP contribution is -2.35. The van der Waals surface area contributed by atoms with E-state index < -0.39 is 5.97 Å². The van der Waals surface area contributed by atoms with Crippen molar-refractivity contribution in [3.05, 3.63) is 28.8 Å². The summed E-state index contributed by atoms with van der Waals surface area (Å²) in [4.78, 5) is 23.2. The van der Waals surface area contributed by atoms with E-state index in [0.29, 0.717) is 5.02 Å². The number of anilines is 1. The van der Waals surface area contributed by atoms with Gasteiger partial charge < -0.3 is 15.8 Å². The van der Waals surface area contributed by atoms with Crippen molar-refractivity contribution in [1.29, 1.82) is 0 Å². The molecular formula is C13H17ClN2O3. The van der Waals surface area contributed by atoms with Crippen LogP contribution in [0.15, 0.2) is 18.2 Å². The van der Waals surface area contributed by atoms with E-state index in [2.05, 4.69) is 5.32 Å². The first kappa shape index (κ1) is 15.3. The minimum absolute atomic E-state index is 0.0480. The standard InChI is InChI=1S/C13H17ClN2O3/c1-3-8(2)16-12(17)7-19-13(18)10-5-4-9(14)6-11(10)15/h4-6,8H,3,7,15H2,1-2H3,(H,16,17)/t8-/m0/s1. The molecule has 104 valence electrons. The molecule has 5 nitrogen and oxygen atoms in total. The maximum Gasteiger partial charge on any atom is 0.340 e. The van der Waals surface area contributed by atoms with Crippen molar-refractivity contribution in [3.63, 3.8) is 0 Å². The van der Waals surface area contributed by atoms with Gasteiger partial charge in [0, 0.05) is 16.8 Å². The van der Waals surface area contributed by atoms with Crippen LogP contribution < -0.4 is 11.1 Å². The maximum atomic E-state index is 11.7. The summed E-state index contributed by atoms with van der Waals surface area (Å²) in [5, 5.41) is 3.13. The van der Waals surface area contributed by atoms with Crippen LogP contribution in [0.2, 0.25) is 5.02 Å². The number of carbonyl (C=O) groups excluding carboxylic acids is 2. The van der Waals surface area contributed by atoms with E-state index in [1.54, 1.807) is 0 Å². The van der Waals surface area contributed by atoms with Crippen LogP contribution in [-0.4, -0.2) is 24.5 Å². The Hall–Kier alpha value is -1.75. The average Bonchev–Trinajstić information content (AvgIpc) is 2.35. The Morgan fingerprint density at radius 2 is 2.16 bits per heavy atom. The molecule has 0 spiro atoms. The molecule has 1 amide bonds. The number of hydrogen-bond acceptors (Lipinski definition) is 4. The van der Waals surface area contributed by atoms with Gasteiger partial charge in [-0.3, -0.25) is 4.79 Å². The van der Waals surface area contributed by atoms with Crippen LogP contribution in [0, 0.1) is 0 Å². The molecule has 0 aliphatic rings. The highest BCUT2D eigenvalue weighted by Crippen LogP contribution is 2.18. The molecule has 1 aromatic rings. The molecular weight excluding hydrogens is 268 g/mol. The van der Waals surface area contributed by atoms with Crippen LogP contribution in [-0.2, 0) is 9.53 Å². The molecule has 1 atom stereocenters. The van der Waals surface area contributed by atoms with Crippen LogP contribution >= 0.6 is 11.6 Å². The van der Waals surface area contributed by atoms with E-state index in [4.69, 9.17) is 22.1 Å². The van der Waals surface area contributed by atoms with Crippen LogP contribution in [0.3, 0.4) is 0 Å². The highest BCUT2D eigenvalue weighted by Gasteiger charge is 2.14. The Kier molecular flexibility index (Phi) is 5.63. The van der Waals surface area contributed by atoms with Crippen LogP contribution in [0.4, 0.5) is 5.69 Å². The number of nitrogens with one attached hydrogen (secondary N) is 1. The van der Waals surface area contributed by atoms with Crippen molar-refractivity contribution >= 4 is 29.2 Å². The first-order chi connectivity index (χ1) is 8.93. The van der Waals surface area contributed by atoms with Gasteiger partial charge in [-0.25, -0.2) is 4.79 Å². The maximum absolute atomic E-state index is 11.7. The van der Waals surface area contributed by atoms with Crippen molar-refractivity contribution in [3.8, 4) is 0 Å². The quantitative estimate of drug-likeness (QED) is 0.640. The SMILES string of the molecule is CC[C@H](C)NC(=O)COC(=O)c1ccc(Cl)cc1N. The molecule has 1 aromatic carbocycles. The largest absolute Gasteiger partial charge is 0.452 e. The molecule has 6 heteroatoms. The van der Waals surface area contributed by atoms with E-state index in [9.17, 15) is 9.59 Å². The number of halogens is 1. The van der Waals surface area contributed by atoms with Crippen molar-refractivity contribution < 1.29 is 14.3 Å². The lowest BCUT2D eigenvalue weighted by molar-refractivity contribution is -0.124. The lowest BCUT2D eigenvalue weighted by Gasteiger charge is -2.11. The Bertz CT molecular complexity index is 477. The number of nitrogens with two attached hydrogens (primary N) is 1. The normalized spacial score (nSPS) is 11.7. The molecule has 0 heterocycles. The summed E-state index contributed by atoms with van der Waals surface area (Å²) >= 11 is 5.73. The Morgan fingerprint density at radius 3 is 2.74 bits per heavy atom. The van der Waals surface area contributed by atoms with Gasteiger partial charge in [0.25, 0.3) is 5.91 Å². The molecule has 0 aliphatic carbocycles. The van der Waals surface area contributed by atoms with Crippen LogP contribution in [0.1, 0.15) is 30.6 Å². The van der Waals surface area contributed by atoms with E-state index in [-0.39, 0.29) is 29.8 Å². The minimum atomic E-state index is -0.645. The zero-order chi connectivity index (χ0) is 14.4. The molecule has 0 saturated carbocycles. The van der Waals surface area contributed by atoms with E-state index in [1.165, 1.54) is 18.2 Å². The van der Waals surface area contributed by atoms with Gasteiger partial charge in [-0.2, -0.15) is 0 Å². The third kappa shape index (κ3) is 4.79. The first-order valence-electron chi connectivity index (χ1n) is 5.95. The van der Waals surface area contributed by atoms with Crippen LogP contribution in [0.25, 0.3) is 0 Å². The molecule has 0 fully saturated rings.